The molecule has 0 saturated heterocycles. The number of carbonyl (C=O) groups excluding carboxylic acids is 2. The van der Waals surface area contributed by atoms with Gasteiger partial charge in [-0.2, -0.15) is 5.10 Å². The van der Waals surface area contributed by atoms with Crippen molar-refractivity contribution in [2.24, 2.45) is 13.0 Å². The lowest BCUT2D eigenvalue weighted by atomic mass is 9.86. The molecule has 7 nitrogen and oxygen atoms in total. The SMILES string of the molecule is CCOC(=O)CNC(=O)C1CCc2nn(C)c(=O)cc2C1. The monoisotopic (exact) mass is 293 g/mol. The van der Waals surface area contributed by atoms with E-state index >= 15 is 0 Å². The third kappa shape index (κ3) is 3.68. The molecule has 21 heavy (non-hydrogen) atoms. The first-order chi connectivity index (χ1) is 10.0. The molecule has 7 heteroatoms. The van der Waals surface area contributed by atoms with E-state index in [2.05, 4.69) is 10.4 Å². The molecule has 0 aliphatic heterocycles. The molecule has 1 aliphatic rings. The fourth-order valence-corrected chi connectivity index (χ4v) is 2.43. The van der Waals surface area contributed by atoms with Crippen molar-refractivity contribution in [2.45, 2.75) is 26.2 Å². The Balaban J connectivity index is 1.97. The molecule has 0 aromatic carbocycles. The van der Waals surface area contributed by atoms with E-state index in [-0.39, 0.29) is 23.9 Å². The Morgan fingerprint density at radius 2 is 2.29 bits per heavy atom. The molecular formula is C14H19N3O4. The van der Waals surface area contributed by atoms with Crippen LogP contribution in [0.5, 0.6) is 0 Å². The van der Waals surface area contributed by atoms with Gasteiger partial charge in [0.15, 0.2) is 0 Å². The first-order valence-corrected chi connectivity index (χ1v) is 7.00. The smallest absolute Gasteiger partial charge is 0.325 e. The van der Waals surface area contributed by atoms with Gasteiger partial charge in [0.05, 0.1) is 12.3 Å². The van der Waals surface area contributed by atoms with Gasteiger partial charge < -0.3 is 10.1 Å². The van der Waals surface area contributed by atoms with Gasteiger partial charge in [0.2, 0.25) is 5.91 Å². The highest BCUT2D eigenvalue weighted by atomic mass is 16.5. The number of aromatic nitrogens is 2. The molecule has 2 rings (SSSR count). The van der Waals surface area contributed by atoms with Crippen LogP contribution in [-0.4, -0.2) is 34.8 Å². The van der Waals surface area contributed by atoms with E-state index in [4.69, 9.17) is 4.74 Å². The molecule has 1 unspecified atom stereocenters. The Morgan fingerprint density at radius 3 is 3.00 bits per heavy atom. The molecule has 1 heterocycles. The zero-order chi connectivity index (χ0) is 15.4. The Morgan fingerprint density at radius 1 is 1.52 bits per heavy atom. The molecule has 1 aliphatic carbocycles. The van der Waals surface area contributed by atoms with Gasteiger partial charge in [-0.15, -0.1) is 0 Å². The summed E-state index contributed by atoms with van der Waals surface area (Å²) in [6.07, 6.45) is 1.79. The number of rotatable bonds is 4. The van der Waals surface area contributed by atoms with Crippen LogP contribution in [0.3, 0.4) is 0 Å². The van der Waals surface area contributed by atoms with Crippen molar-refractivity contribution >= 4 is 11.9 Å². The summed E-state index contributed by atoms with van der Waals surface area (Å²) in [5.41, 5.74) is 1.51. The van der Waals surface area contributed by atoms with E-state index in [1.807, 2.05) is 0 Å². The van der Waals surface area contributed by atoms with Gasteiger partial charge in [0.1, 0.15) is 6.54 Å². The molecule has 1 N–H and O–H groups in total. The standard InChI is InChI=1S/C14H19N3O4/c1-3-21-13(19)8-15-14(20)9-4-5-11-10(6-9)7-12(18)17(2)16-11/h7,9H,3-6,8H2,1-2H3,(H,15,20). The minimum Gasteiger partial charge on any atom is -0.465 e. The Kier molecular flexibility index (Phi) is 4.72. The van der Waals surface area contributed by atoms with E-state index < -0.39 is 5.97 Å². The zero-order valence-corrected chi connectivity index (χ0v) is 12.2. The van der Waals surface area contributed by atoms with E-state index in [9.17, 15) is 14.4 Å². The summed E-state index contributed by atoms with van der Waals surface area (Å²) >= 11 is 0. The quantitative estimate of drug-likeness (QED) is 0.760. The largest absolute Gasteiger partial charge is 0.465 e. The van der Waals surface area contributed by atoms with Gasteiger partial charge in [0, 0.05) is 19.0 Å². The molecule has 114 valence electrons. The first-order valence-electron chi connectivity index (χ1n) is 7.00. The summed E-state index contributed by atoms with van der Waals surface area (Å²) in [5.74, 6) is -0.868. The van der Waals surface area contributed by atoms with Crippen molar-refractivity contribution in [3.8, 4) is 0 Å². The van der Waals surface area contributed by atoms with Crippen molar-refractivity contribution in [2.75, 3.05) is 13.2 Å². The molecule has 1 atom stereocenters. The summed E-state index contributed by atoms with van der Waals surface area (Å²) in [4.78, 5) is 34.9. The molecular weight excluding hydrogens is 274 g/mol. The average Bonchev–Trinajstić information content (AvgIpc) is 2.46. The van der Waals surface area contributed by atoms with Gasteiger partial charge in [-0.3, -0.25) is 14.4 Å². The van der Waals surface area contributed by atoms with Crippen molar-refractivity contribution in [3.63, 3.8) is 0 Å². The second kappa shape index (κ2) is 6.51. The molecule has 0 spiro atoms. The first kappa shape index (κ1) is 15.2. The predicted molar refractivity (Wildman–Crippen MR) is 74.6 cm³/mol. The summed E-state index contributed by atoms with van der Waals surface area (Å²) in [6.45, 7) is 1.89. The highest BCUT2D eigenvalue weighted by molar-refractivity contribution is 5.83. The third-order valence-electron chi connectivity index (χ3n) is 3.54. The van der Waals surface area contributed by atoms with Crippen LogP contribution < -0.4 is 10.9 Å². The van der Waals surface area contributed by atoms with Crippen LogP contribution >= 0.6 is 0 Å². The van der Waals surface area contributed by atoms with Crippen LogP contribution in [0.1, 0.15) is 24.6 Å². The Bertz CT molecular complexity index is 609. The van der Waals surface area contributed by atoms with Crippen LogP contribution in [-0.2, 0) is 34.2 Å². The van der Waals surface area contributed by atoms with Gasteiger partial charge in [0.25, 0.3) is 5.56 Å². The third-order valence-corrected chi connectivity index (χ3v) is 3.54. The molecule has 0 bridgehead atoms. The lowest BCUT2D eigenvalue weighted by molar-refractivity contribution is -0.143. The van der Waals surface area contributed by atoms with Crippen molar-refractivity contribution < 1.29 is 14.3 Å². The Labute approximate surface area is 122 Å². The van der Waals surface area contributed by atoms with Crippen molar-refractivity contribution in [3.05, 3.63) is 27.7 Å². The number of esters is 1. The maximum Gasteiger partial charge on any atom is 0.325 e. The second-order valence-electron chi connectivity index (χ2n) is 5.04. The average molecular weight is 293 g/mol. The van der Waals surface area contributed by atoms with Gasteiger partial charge in [-0.1, -0.05) is 0 Å². The summed E-state index contributed by atoms with van der Waals surface area (Å²) < 4.78 is 6.06. The van der Waals surface area contributed by atoms with Gasteiger partial charge in [-0.05, 0) is 31.7 Å². The fourth-order valence-electron chi connectivity index (χ4n) is 2.43. The molecule has 0 saturated carbocycles. The van der Waals surface area contributed by atoms with Gasteiger partial charge >= 0.3 is 5.97 Å². The summed E-state index contributed by atoms with van der Waals surface area (Å²) in [7, 11) is 1.61. The van der Waals surface area contributed by atoms with Crippen LogP contribution in [0.15, 0.2) is 10.9 Å². The topological polar surface area (TPSA) is 90.3 Å². The zero-order valence-electron chi connectivity index (χ0n) is 12.2. The number of nitrogens with zero attached hydrogens (tertiary/aromatic N) is 2. The summed E-state index contributed by atoms with van der Waals surface area (Å²) in [6, 6.07) is 1.53. The molecule has 1 aromatic rings. The number of aryl methyl sites for hydroxylation is 2. The van der Waals surface area contributed by atoms with E-state index in [1.54, 1.807) is 14.0 Å². The highest BCUT2D eigenvalue weighted by Gasteiger charge is 2.26. The fraction of sp³-hybridized carbons (Fsp3) is 0.571. The number of nitrogens with one attached hydrogen (secondary N) is 1. The number of amides is 1. The minimum absolute atomic E-state index is 0.120. The van der Waals surface area contributed by atoms with Crippen molar-refractivity contribution in [1.82, 2.24) is 15.1 Å². The van der Waals surface area contributed by atoms with E-state index in [0.29, 0.717) is 25.9 Å². The molecule has 1 aromatic heterocycles. The number of ether oxygens (including phenoxy) is 1. The number of hydrogen-bond acceptors (Lipinski definition) is 5. The van der Waals surface area contributed by atoms with Crippen LogP contribution in [0.2, 0.25) is 0 Å². The molecule has 1 amide bonds. The van der Waals surface area contributed by atoms with Crippen LogP contribution in [0.25, 0.3) is 0 Å². The van der Waals surface area contributed by atoms with E-state index in [0.717, 1.165) is 11.3 Å². The lowest BCUT2D eigenvalue weighted by Crippen LogP contribution is -2.38. The van der Waals surface area contributed by atoms with Crippen LogP contribution in [0, 0.1) is 5.92 Å². The lowest BCUT2D eigenvalue weighted by Gasteiger charge is -2.23. The summed E-state index contributed by atoms with van der Waals surface area (Å²) in [5, 5.41) is 6.78. The van der Waals surface area contributed by atoms with E-state index in [1.165, 1.54) is 10.7 Å². The predicted octanol–water partition coefficient (Wildman–Crippen LogP) is -0.435. The number of carbonyl (C=O) groups is 2. The van der Waals surface area contributed by atoms with Crippen LogP contribution in [0.4, 0.5) is 0 Å². The molecule has 0 radical (unpaired) electrons. The maximum atomic E-state index is 12.0. The van der Waals surface area contributed by atoms with Crippen molar-refractivity contribution in [1.29, 1.82) is 0 Å². The minimum atomic E-state index is -0.447. The normalized spacial score (nSPS) is 17.0. The highest BCUT2D eigenvalue weighted by Crippen LogP contribution is 2.22. The number of fused-ring (bicyclic) bond motifs is 1. The second-order valence-corrected chi connectivity index (χ2v) is 5.04. The van der Waals surface area contributed by atoms with Gasteiger partial charge in [-0.25, -0.2) is 4.68 Å². The number of hydrogen-bond donors (Lipinski definition) is 1. The Hall–Kier alpha value is -2.18. The maximum absolute atomic E-state index is 12.0. The molecule has 0 fully saturated rings.